The molecule has 21 heavy (non-hydrogen) atoms. The summed E-state index contributed by atoms with van der Waals surface area (Å²) < 4.78 is 18.7. The van der Waals surface area contributed by atoms with Crippen molar-refractivity contribution in [2.75, 3.05) is 13.2 Å². The Bertz CT molecular complexity index is 546. The molecule has 5 nitrogen and oxygen atoms in total. The van der Waals surface area contributed by atoms with Crippen molar-refractivity contribution in [3.05, 3.63) is 29.6 Å². The maximum Gasteiger partial charge on any atom is 0.338 e. The second kappa shape index (κ2) is 6.56. The second-order valence-corrected chi connectivity index (χ2v) is 5.17. The minimum Gasteiger partial charge on any atom is -0.484 e. The Kier molecular flexibility index (Phi) is 4.77. The fraction of sp³-hybridized carbons (Fsp3) is 0.467. The van der Waals surface area contributed by atoms with Crippen LogP contribution in [-0.2, 0) is 4.79 Å². The summed E-state index contributed by atoms with van der Waals surface area (Å²) in [6.07, 6.45) is 3.08. The van der Waals surface area contributed by atoms with E-state index in [9.17, 15) is 14.0 Å². The second-order valence-electron chi connectivity index (χ2n) is 5.17. The van der Waals surface area contributed by atoms with Gasteiger partial charge in [0.2, 0.25) is 0 Å². The van der Waals surface area contributed by atoms with E-state index in [2.05, 4.69) is 0 Å². The fourth-order valence-corrected chi connectivity index (χ4v) is 2.46. The van der Waals surface area contributed by atoms with E-state index in [1.54, 1.807) is 4.90 Å². The number of ether oxygens (including phenoxy) is 1. The van der Waals surface area contributed by atoms with Crippen LogP contribution < -0.4 is 4.74 Å². The number of rotatable bonds is 4. The number of benzene rings is 1. The third-order valence-corrected chi connectivity index (χ3v) is 3.66. The largest absolute Gasteiger partial charge is 0.484 e. The zero-order valence-corrected chi connectivity index (χ0v) is 11.8. The van der Waals surface area contributed by atoms with Crippen LogP contribution in [0.3, 0.4) is 0 Å². The molecule has 1 aromatic carbocycles. The molecule has 6 heteroatoms. The van der Waals surface area contributed by atoms with Gasteiger partial charge in [-0.05, 0) is 38.3 Å². The van der Waals surface area contributed by atoms with Gasteiger partial charge < -0.3 is 14.7 Å². The maximum absolute atomic E-state index is 13.5. The molecule has 1 unspecified atom stereocenters. The average Bonchev–Trinajstić information content (AvgIpc) is 2.45. The standard InChI is InChI=1S/C15H18FNO4/c1-10-4-2-3-7-17(10)14(18)9-21-11-5-6-12(15(19)20)13(16)8-11/h5-6,8,10H,2-4,7,9H2,1H3,(H,19,20). The molecule has 1 saturated heterocycles. The number of aromatic carboxylic acids is 1. The average molecular weight is 295 g/mol. The van der Waals surface area contributed by atoms with E-state index >= 15 is 0 Å². The van der Waals surface area contributed by atoms with E-state index in [-0.39, 0.29) is 24.3 Å². The minimum atomic E-state index is -1.34. The Morgan fingerprint density at radius 1 is 1.43 bits per heavy atom. The number of carboxylic acid groups (broad SMARTS) is 1. The highest BCUT2D eigenvalue weighted by Gasteiger charge is 2.23. The Hall–Kier alpha value is -2.11. The lowest BCUT2D eigenvalue weighted by molar-refractivity contribution is -0.136. The molecule has 1 fully saturated rings. The first-order chi connectivity index (χ1) is 9.99. The Balaban J connectivity index is 1.95. The normalized spacial score (nSPS) is 18.4. The summed E-state index contributed by atoms with van der Waals surface area (Å²) in [7, 11) is 0. The SMILES string of the molecule is CC1CCCCN1C(=O)COc1ccc(C(=O)O)c(F)c1. The summed E-state index contributed by atoms with van der Waals surface area (Å²) in [6, 6.07) is 3.65. The lowest BCUT2D eigenvalue weighted by Crippen LogP contribution is -2.44. The molecule has 0 aliphatic carbocycles. The van der Waals surface area contributed by atoms with Crippen LogP contribution in [0.1, 0.15) is 36.5 Å². The minimum absolute atomic E-state index is 0.134. The smallest absolute Gasteiger partial charge is 0.338 e. The first-order valence-corrected chi connectivity index (χ1v) is 6.94. The molecule has 1 heterocycles. The molecule has 114 valence electrons. The van der Waals surface area contributed by atoms with Crippen molar-refractivity contribution >= 4 is 11.9 Å². The number of carbonyl (C=O) groups is 2. The quantitative estimate of drug-likeness (QED) is 0.925. The molecule has 1 amide bonds. The molecule has 0 saturated carbocycles. The van der Waals surface area contributed by atoms with Gasteiger partial charge in [0.15, 0.2) is 6.61 Å². The number of halogens is 1. The van der Waals surface area contributed by atoms with Crippen molar-refractivity contribution in [2.24, 2.45) is 0 Å². The number of hydrogen-bond acceptors (Lipinski definition) is 3. The number of likely N-dealkylation sites (tertiary alicyclic amines) is 1. The number of carboxylic acids is 1. The van der Waals surface area contributed by atoms with E-state index in [1.165, 1.54) is 6.07 Å². The fourth-order valence-electron chi connectivity index (χ4n) is 2.46. The summed E-state index contributed by atoms with van der Waals surface area (Å²) in [5, 5.41) is 8.73. The van der Waals surface area contributed by atoms with Gasteiger partial charge in [0.05, 0.1) is 5.56 Å². The van der Waals surface area contributed by atoms with Gasteiger partial charge in [-0.2, -0.15) is 0 Å². The lowest BCUT2D eigenvalue weighted by atomic mass is 10.0. The third-order valence-electron chi connectivity index (χ3n) is 3.66. The molecular formula is C15H18FNO4. The van der Waals surface area contributed by atoms with Crippen molar-refractivity contribution in [1.82, 2.24) is 4.90 Å². The van der Waals surface area contributed by atoms with Crippen LogP contribution in [0.5, 0.6) is 5.75 Å². The zero-order valence-electron chi connectivity index (χ0n) is 11.8. The molecule has 0 aromatic heterocycles. The summed E-state index contributed by atoms with van der Waals surface area (Å²) in [4.78, 5) is 24.5. The number of nitrogens with zero attached hydrogens (tertiary/aromatic N) is 1. The first-order valence-electron chi connectivity index (χ1n) is 6.94. The Labute approximate surface area is 122 Å². The van der Waals surface area contributed by atoms with E-state index in [4.69, 9.17) is 9.84 Å². The van der Waals surface area contributed by atoms with Crippen LogP contribution >= 0.6 is 0 Å². The van der Waals surface area contributed by atoms with Gasteiger partial charge in [-0.3, -0.25) is 4.79 Å². The van der Waals surface area contributed by atoms with Gasteiger partial charge in [0, 0.05) is 18.7 Å². The van der Waals surface area contributed by atoms with Crippen LogP contribution in [0.15, 0.2) is 18.2 Å². The van der Waals surface area contributed by atoms with Crippen LogP contribution in [0.25, 0.3) is 0 Å². The molecule has 0 bridgehead atoms. The first kappa shape index (κ1) is 15.3. The van der Waals surface area contributed by atoms with Gasteiger partial charge in [-0.1, -0.05) is 0 Å². The number of amides is 1. The third kappa shape index (κ3) is 3.71. The Morgan fingerprint density at radius 3 is 2.81 bits per heavy atom. The molecule has 1 N–H and O–H groups in total. The van der Waals surface area contributed by atoms with E-state index in [0.717, 1.165) is 37.9 Å². The van der Waals surface area contributed by atoms with Gasteiger partial charge >= 0.3 is 5.97 Å². The predicted octanol–water partition coefficient (Wildman–Crippen LogP) is 2.30. The molecule has 0 spiro atoms. The van der Waals surface area contributed by atoms with Gasteiger partial charge in [0.25, 0.3) is 5.91 Å². The molecule has 1 atom stereocenters. The summed E-state index contributed by atoms with van der Waals surface area (Å²) in [6.45, 7) is 2.55. The van der Waals surface area contributed by atoms with E-state index < -0.39 is 17.3 Å². The van der Waals surface area contributed by atoms with Gasteiger partial charge in [-0.15, -0.1) is 0 Å². The molecule has 0 radical (unpaired) electrons. The Morgan fingerprint density at radius 2 is 2.19 bits per heavy atom. The molecular weight excluding hydrogens is 277 g/mol. The summed E-state index contributed by atoms with van der Waals surface area (Å²) >= 11 is 0. The zero-order chi connectivity index (χ0) is 15.4. The molecule has 1 aliphatic rings. The summed E-state index contributed by atoms with van der Waals surface area (Å²) in [5.41, 5.74) is -0.418. The van der Waals surface area contributed by atoms with Crippen molar-refractivity contribution in [2.45, 2.75) is 32.2 Å². The van der Waals surface area contributed by atoms with Crippen molar-refractivity contribution in [3.63, 3.8) is 0 Å². The van der Waals surface area contributed by atoms with E-state index in [0.29, 0.717) is 0 Å². The van der Waals surface area contributed by atoms with Crippen molar-refractivity contribution in [3.8, 4) is 5.75 Å². The van der Waals surface area contributed by atoms with Gasteiger partial charge in [0.1, 0.15) is 11.6 Å². The number of carbonyl (C=O) groups excluding carboxylic acids is 1. The monoisotopic (exact) mass is 295 g/mol. The highest BCUT2D eigenvalue weighted by molar-refractivity contribution is 5.88. The number of piperidine rings is 1. The molecule has 2 rings (SSSR count). The highest BCUT2D eigenvalue weighted by Crippen LogP contribution is 2.19. The molecule has 1 aromatic rings. The van der Waals surface area contributed by atoms with Crippen LogP contribution in [-0.4, -0.2) is 41.1 Å². The highest BCUT2D eigenvalue weighted by atomic mass is 19.1. The van der Waals surface area contributed by atoms with Crippen LogP contribution in [0.4, 0.5) is 4.39 Å². The van der Waals surface area contributed by atoms with Crippen LogP contribution in [0.2, 0.25) is 0 Å². The predicted molar refractivity (Wildman–Crippen MR) is 73.9 cm³/mol. The van der Waals surface area contributed by atoms with E-state index in [1.807, 2.05) is 6.92 Å². The number of hydrogen-bond donors (Lipinski definition) is 1. The topological polar surface area (TPSA) is 66.8 Å². The van der Waals surface area contributed by atoms with Gasteiger partial charge in [-0.25, -0.2) is 9.18 Å². The van der Waals surface area contributed by atoms with Crippen LogP contribution in [0, 0.1) is 5.82 Å². The summed E-state index contributed by atoms with van der Waals surface area (Å²) in [5.74, 6) is -2.20. The van der Waals surface area contributed by atoms with Crippen molar-refractivity contribution < 1.29 is 23.8 Å². The lowest BCUT2D eigenvalue weighted by Gasteiger charge is -2.33. The molecule has 1 aliphatic heterocycles. The van der Waals surface area contributed by atoms with Crippen molar-refractivity contribution in [1.29, 1.82) is 0 Å². The maximum atomic E-state index is 13.5.